The molecule has 2 aromatic heterocycles. The van der Waals surface area contributed by atoms with Crippen LogP contribution in [0.5, 0.6) is 0 Å². The van der Waals surface area contributed by atoms with Gasteiger partial charge in [0, 0.05) is 59.4 Å². The molecule has 3 N–H and O–H groups in total. The third kappa shape index (κ3) is 6.56. The smallest absolute Gasteiger partial charge is 0.254 e. The number of alkyl halides is 1. The molecule has 0 saturated carbocycles. The molecule has 224 valence electrons. The number of aliphatic hydroxyl groups is 1. The largest absolute Gasteiger partial charge is 0.389 e. The van der Waals surface area contributed by atoms with E-state index >= 15 is 0 Å². The summed E-state index contributed by atoms with van der Waals surface area (Å²) in [6.45, 7) is 2.75. The van der Waals surface area contributed by atoms with Crippen molar-refractivity contribution in [2.75, 3.05) is 13.1 Å². The second-order valence-electron chi connectivity index (χ2n) is 11.5. The lowest BCUT2D eigenvalue weighted by atomic mass is 9.94. The summed E-state index contributed by atoms with van der Waals surface area (Å²) < 4.78 is 15.9. The number of aromatic nitrogens is 2. The van der Waals surface area contributed by atoms with Gasteiger partial charge in [-0.1, -0.05) is 30.3 Å². The Morgan fingerprint density at radius 3 is 2.60 bits per heavy atom. The highest BCUT2D eigenvalue weighted by molar-refractivity contribution is 7.09. The standard InChI is InChI=1S/C33H36FN5O3S/c1-21-20-43-32(36-21)29-10-7-13-39(29)33(42)24-15-23(16-26(17-24)38-11-5-6-12-38)31(41)37-28(14-22-8-3-2-4-9-22)30(40)27-18-25(34)19-35-27/h2-6,8-9,11-12,15-17,20,25,27-30,35,40H,7,10,13-14,18-19H2,1H3,(H,37,41)/t25-,27-,28?,29+,30+/m0/s1. The predicted molar refractivity (Wildman–Crippen MR) is 164 cm³/mol. The fourth-order valence-corrected chi connectivity index (χ4v) is 7.06. The van der Waals surface area contributed by atoms with Crippen LogP contribution in [0.4, 0.5) is 4.39 Å². The van der Waals surface area contributed by atoms with Crippen LogP contribution in [-0.2, 0) is 6.42 Å². The third-order valence-corrected chi connectivity index (χ3v) is 9.38. The van der Waals surface area contributed by atoms with Gasteiger partial charge in [-0.2, -0.15) is 0 Å². The molecule has 0 radical (unpaired) electrons. The number of benzene rings is 2. The van der Waals surface area contributed by atoms with Crippen molar-refractivity contribution < 1.29 is 19.1 Å². The van der Waals surface area contributed by atoms with Gasteiger partial charge in [0.25, 0.3) is 11.8 Å². The lowest BCUT2D eigenvalue weighted by Gasteiger charge is -2.29. The molecule has 0 spiro atoms. The highest BCUT2D eigenvalue weighted by atomic mass is 32.1. The molecule has 4 heterocycles. The summed E-state index contributed by atoms with van der Waals surface area (Å²) in [6.07, 6.45) is 3.96. The van der Waals surface area contributed by atoms with Crippen molar-refractivity contribution in [2.45, 2.75) is 63.0 Å². The van der Waals surface area contributed by atoms with Crippen molar-refractivity contribution in [3.63, 3.8) is 0 Å². The molecule has 8 nitrogen and oxygen atoms in total. The summed E-state index contributed by atoms with van der Waals surface area (Å²) >= 11 is 1.57. The molecule has 2 aromatic carbocycles. The van der Waals surface area contributed by atoms with Gasteiger partial charge in [0.15, 0.2) is 0 Å². The maximum atomic E-state index is 14.0. The maximum Gasteiger partial charge on any atom is 0.254 e. The van der Waals surface area contributed by atoms with E-state index < -0.39 is 30.3 Å². The number of amides is 2. The number of carbonyl (C=O) groups is 2. The van der Waals surface area contributed by atoms with Crippen molar-refractivity contribution >= 4 is 23.2 Å². The minimum Gasteiger partial charge on any atom is -0.389 e. The number of nitrogens with one attached hydrogen (secondary N) is 2. The molecule has 2 saturated heterocycles. The van der Waals surface area contributed by atoms with E-state index in [4.69, 9.17) is 0 Å². The summed E-state index contributed by atoms with van der Waals surface area (Å²) in [6, 6.07) is 17.3. The average molecular weight is 602 g/mol. The van der Waals surface area contributed by atoms with Crippen LogP contribution in [0.1, 0.15) is 62.3 Å². The molecule has 10 heteroatoms. The third-order valence-electron chi connectivity index (χ3n) is 8.32. The molecule has 0 bridgehead atoms. The van der Waals surface area contributed by atoms with E-state index in [0.29, 0.717) is 29.8 Å². The zero-order valence-corrected chi connectivity index (χ0v) is 24.8. The Hall–Kier alpha value is -3.86. The number of hydrogen-bond donors (Lipinski definition) is 3. The van der Waals surface area contributed by atoms with E-state index in [1.54, 1.807) is 23.5 Å². The van der Waals surface area contributed by atoms with Crippen LogP contribution in [0.15, 0.2) is 78.4 Å². The predicted octanol–water partition coefficient (Wildman–Crippen LogP) is 4.62. The first kappa shape index (κ1) is 29.2. The second-order valence-corrected chi connectivity index (χ2v) is 12.3. The fraction of sp³-hybridized carbons (Fsp3) is 0.364. The molecule has 4 aromatic rings. The van der Waals surface area contributed by atoms with Gasteiger partial charge in [-0.3, -0.25) is 9.59 Å². The number of thiazole rings is 1. The molecule has 2 aliphatic heterocycles. The summed E-state index contributed by atoms with van der Waals surface area (Å²) in [4.78, 5) is 34.4. The molecule has 43 heavy (non-hydrogen) atoms. The zero-order valence-electron chi connectivity index (χ0n) is 24.0. The summed E-state index contributed by atoms with van der Waals surface area (Å²) in [5.41, 5.74) is 3.28. The molecular formula is C33H36FN5O3S. The SMILES string of the molecule is Cc1csc([C@H]2CCCN2C(=O)c2cc(C(=O)NC(Cc3ccccc3)[C@H](O)[C@@H]3C[C@H](F)CN3)cc(-n3cccc3)c2)n1. The second kappa shape index (κ2) is 12.8. The normalized spacial score (nSPS) is 21.6. The lowest BCUT2D eigenvalue weighted by Crippen LogP contribution is -2.52. The van der Waals surface area contributed by atoms with Crippen molar-refractivity contribution in [1.29, 1.82) is 0 Å². The Morgan fingerprint density at radius 2 is 1.91 bits per heavy atom. The van der Waals surface area contributed by atoms with E-state index in [9.17, 15) is 19.1 Å². The summed E-state index contributed by atoms with van der Waals surface area (Å²) in [5, 5.41) is 20.3. The van der Waals surface area contributed by atoms with Crippen molar-refractivity contribution in [3.8, 4) is 5.69 Å². The number of carbonyl (C=O) groups excluding carboxylic acids is 2. The van der Waals surface area contributed by atoms with E-state index in [0.717, 1.165) is 29.1 Å². The van der Waals surface area contributed by atoms with Gasteiger partial charge in [0.2, 0.25) is 0 Å². The topological polar surface area (TPSA) is 99.5 Å². The number of hydrogen-bond acceptors (Lipinski definition) is 6. The molecule has 6 rings (SSSR count). The molecule has 2 fully saturated rings. The Balaban J connectivity index is 1.30. The number of aryl methyl sites for hydroxylation is 1. The molecule has 2 amide bonds. The first-order valence-corrected chi connectivity index (χ1v) is 15.7. The lowest BCUT2D eigenvalue weighted by molar-refractivity contribution is 0.0728. The Kier molecular flexibility index (Phi) is 8.69. The van der Waals surface area contributed by atoms with Crippen LogP contribution in [0.25, 0.3) is 5.69 Å². The summed E-state index contributed by atoms with van der Waals surface area (Å²) in [7, 11) is 0. The van der Waals surface area contributed by atoms with Gasteiger partial charge in [-0.25, -0.2) is 9.37 Å². The fourth-order valence-electron chi connectivity index (χ4n) is 6.12. The molecule has 2 aliphatic rings. The van der Waals surface area contributed by atoms with Crippen molar-refractivity contribution in [3.05, 3.63) is 106 Å². The van der Waals surface area contributed by atoms with Crippen molar-refractivity contribution in [1.82, 2.24) is 25.1 Å². The van der Waals surface area contributed by atoms with Gasteiger partial charge in [-0.05, 0) is 68.5 Å². The zero-order chi connectivity index (χ0) is 29.9. The maximum absolute atomic E-state index is 14.0. The van der Waals surface area contributed by atoms with Crippen LogP contribution in [0.3, 0.4) is 0 Å². The molecule has 5 atom stereocenters. The minimum atomic E-state index is -1.04. The summed E-state index contributed by atoms with van der Waals surface area (Å²) in [5.74, 6) is -0.560. The van der Waals surface area contributed by atoms with E-state index in [1.807, 2.05) is 82.7 Å². The molecular weight excluding hydrogens is 565 g/mol. The van der Waals surface area contributed by atoms with Gasteiger partial charge in [-0.15, -0.1) is 11.3 Å². The average Bonchev–Trinajstić information content (AvgIpc) is 3.84. The quantitative estimate of drug-likeness (QED) is 0.260. The van der Waals surface area contributed by atoms with E-state index in [1.165, 1.54) is 0 Å². The monoisotopic (exact) mass is 601 g/mol. The minimum absolute atomic E-state index is 0.0950. The van der Waals surface area contributed by atoms with Gasteiger partial charge < -0.3 is 25.2 Å². The highest BCUT2D eigenvalue weighted by Gasteiger charge is 2.36. The Bertz CT molecular complexity index is 1560. The van der Waals surface area contributed by atoms with Crippen LogP contribution in [0, 0.1) is 6.92 Å². The first-order valence-electron chi connectivity index (χ1n) is 14.8. The van der Waals surface area contributed by atoms with Crippen molar-refractivity contribution in [2.24, 2.45) is 0 Å². The number of nitrogens with zero attached hydrogens (tertiary/aromatic N) is 3. The number of likely N-dealkylation sites (tertiary alicyclic amines) is 1. The number of aliphatic hydroxyl groups excluding tert-OH is 1. The molecule has 1 unspecified atom stereocenters. The number of halogens is 1. The van der Waals surface area contributed by atoms with E-state index in [2.05, 4.69) is 15.6 Å². The van der Waals surface area contributed by atoms with Gasteiger partial charge >= 0.3 is 0 Å². The van der Waals surface area contributed by atoms with Gasteiger partial charge in [0.05, 0.1) is 18.2 Å². The Labute approximate surface area is 254 Å². The highest BCUT2D eigenvalue weighted by Crippen LogP contribution is 2.35. The van der Waals surface area contributed by atoms with Crippen LogP contribution >= 0.6 is 11.3 Å². The number of rotatable bonds is 9. The van der Waals surface area contributed by atoms with Crippen LogP contribution in [0.2, 0.25) is 0 Å². The van der Waals surface area contributed by atoms with E-state index in [-0.39, 0.29) is 24.9 Å². The van der Waals surface area contributed by atoms with Crippen LogP contribution < -0.4 is 10.6 Å². The Morgan fingerprint density at radius 1 is 1.14 bits per heavy atom. The van der Waals surface area contributed by atoms with Gasteiger partial charge in [0.1, 0.15) is 11.2 Å². The van der Waals surface area contributed by atoms with Crippen LogP contribution in [-0.4, -0.2) is 68.8 Å². The molecule has 0 aliphatic carbocycles. The first-order chi connectivity index (χ1) is 20.9.